The number of esters is 2. The molecule has 0 rings (SSSR count). The zero-order valence-corrected chi connectivity index (χ0v) is 30.1. The molecule has 0 N–H and O–H groups in total. The van der Waals surface area contributed by atoms with E-state index >= 15 is 0 Å². The Morgan fingerprint density at radius 2 is 0.614 bits per heavy atom. The third-order valence-electron chi connectivity index (χ3n) is 9.25. The second kappa shape index (κ2) is 31.5. The molecule has 5 heteroatoms. The molecule has 0 radical (unpaired) electrons. The maximum atomic E-state index is 12.9. The summed E-state index contributed by atoms with van der Waals surface area (Å²) in [5, 5.41) is 0. The zero-order valence-electron chi connectivity index (χ0n) is 30.1. The molecule has 0 aliphatic rings. The fourth-order valence-corrected chi connectivity index (χ4v) is 6.27. The molecule has 0 amide bonds. The fourth-order valence-electron chi connectivity index (χ4n) is 6.27. The number of unbranched alkanes of at least 4 members (excludes halogenated alkanes) is 20. The van der Waals surface area contributed by atoms with Crippen molar-refractivity contribution < 1.29 is 19.1 Å². The first-order chi connectivity index (χ1) is 20.7. The zero-order chi connectivity index (χ0) is 32.1. The average molecular weight is 633 g/mol. The molecule has 0 fully saturated rings. The maximum absolute atomic E-state index is 12.9. The molecule has 0 saturated heterocycles. The number of rotatable bonds is 32. The first-order valence-corrected chi connectivity index (χ1v) is 19.2. The van der Waals surface area contributed by atoms with E-state index < -0.39 is 23.1 Å². The quantitative estimate of drug-likeness (QED) is 0.0320. The van der Waals surface area contributed by atoms with Crippen LogP contribution in [0.15, 0.2) is 0 Å². The molecule has 0 saturated carbocycles. The Balaban J connectivity index is 0. The standard InChI is InChI=1S/C39H76O4.Na.H/c1-7-11-15-17-19-21-23-25-27-29-33-38(5,31-13-9-3)42-36(40)35-37(41)43-39(6,32-14-10-4)34-30-28-26-24-22-20-18-16-12-8-2;;/h7-35H2,1-6H3;;. The van der Waals surface area contributed by atoms with Gasteiger partial charge in [-0.05, 0) is 65.2 Å². The second-order valence-electron chi connectivity index (χ2n) is 14.1. The summed E-state index contributed by atoms with van der Waals surface area (Å²) < 4.78 is 12.0. The van der Waals surface area contributed by atoms with Crippen molar-refractivity contribution in [2.24, 2.45) is 0 Å². The van der Waals surface area contributed by atoms with Crippen LogP contribution >= 0.6 is 0 Å². The van der Waals surface area contributed by atoms with Crippen LogP contribution < -0.4 is 0 Å². The van der Waals surface area contributed by atoms with Gasteiger partial charge in [0, 0.05) is 0 Å². The van der Waals surface area contributed by atoms with Crippen molar-refractivity contribution in [3.63, 3.8) is 0 Å². The van der Waals surface area contributed by atoms with E-state index in [1.54, 1.807) is 0 Å². The monoisotopic (exact) mass is 633 g/mol. The molecule has 0 spiro atoms. The molecular formula is C39H77NaO4. The topological polar surface area (TPSA) is 52.6 Å². The van der Waals surface area contributed by atoms with E-state index in [1.807, 2.05) is 0 Å². The Morgan fingerprint density at radius 1 is 0.386 bits per heavy atom. The van der Waals surface area contributed by atoms with Crippen LogP contribution in [0.4, 0.5) is 0 Å². The predicted octanol–water partition coefficient (Wildman–Crippen LogP) is 12.3. The molecule has 0 aliphatic heterocycles. The molecular weight excluding hydrogens is 555 g/mol. The molecule has 2 unspecified atom stereocenters. The van der Waals surface area contributed by atoms with Gasteiger partial charge in [-0.25, -0.2) is 0 Å². The van der Waals surface area contributed by atoms with Gasteiger partial charge in [0.2, 0.25) is 0 Å². The van der Waals surface area contributed by atoms with Gasteiger partial charge >= 0.3 is 41.5 Å². The van der Waals surface area contributed by atoms with E-state index in [-0.39, 0.29) is 36.0 Å². The molecule has 0 aliphatic carbocycles. The minimum absolute atomic E-state index is 0. The van der Waals surface area contributed by atoms with Gasteiger partial charge in [0.25, 0.3) is 0 Å². The van der Waals surface area contributed by atoms with Gasteiger partial charge in [-0.3, -0.25) is 9.59 Å². The summed E-state index contributed by atoms with van der Waals surface area (Å²) in [6.45, 7) is 13.0. The summed E-state index contributed by atoms with van der Waals surface area (Å²) in [4.78, 5) is 25.9. The Morgan fingerprint density at radius 3 is 0.886 bits per heavy atom. The van der Waals surface area contributed by atoms with Gasteiger partial charge in [0.05, 0.1) is 0 Å². The number of carbonyl (C=O) groups excluding carboxylic acids is 2. The van der Waals surface area contributed by atoms with Gasteiger partial charge in [0.1, 0.15) is 17.6 Å². The Kier molecular flexibility index (Phi) is 33.0. The molecule has 258 valence electrons. The molecule has 4 nitrogen and oxygen atoms in total. The van der Waals surface area contributed by atoms with Crippen molar-refractivity contribution in [1.82, 2.24) is 0 Å². The van der Waals surface area contributed by atoms with Gasteiger partial charge in [-0.2, -0.15) is 0 Å². The molecule has 0 heterocycles. The first kappa shape index (κ1) is 46.1. The van der Waals surface area contributed by atoms with Crippen molar-refractivity contribution in [2.45, 2.75) is 239 Å². The summed E-state index contributed by atoms with van der Waals surface area (Å²) in [5.74, 6) is -0.847. The number of carbonyl (C=O) groups is 2. The van der Waals surface area contributed by atoms with Crippen molar-refractivity contribution >= 4 is 41.5 Å². The molecule has 2 atom stereocenters. The summed E-state index contributed by atoms with van der Waals surface area (Å²) in [6.07, 6.45) is 33.3. The van der Waals surface area contributed by atoms with Gasteiger partial charge < -0.3 is 9.47 Å². The molecule has 0 aromatic rings. The van der Waals surface area contributed by atoms with Gasteiger partial charge in [0.15, 0.2) is 0 Å². The van der Waals surface area contributed by atoms with Crippen LogP contribution in [0, 0.1) is 0 Å². The third kappa shape index (κ3) is 28.2. The van der Waals surface area contributed by atoms with Crippen molar-refractivity contribution in [3.8, 4) is 0 Å². The molecule has 0 aromatic carbocycles. The summed E-state index contributed by atoms with van der Waals surface area (Å²) in [6, 6.07) is 0. The number of ether oxygens (including phenoxy) is 2. The Hall–Kier alpha value is -0.0600. The van der Waals surface area contributed by atoms with E-state index in [4.69, 9.17) is 9.47 Å². The fraction of sp³-hybridized carbons (Fsp3) is 0.949. The van der Waals surface area contributed by atoms with Crippen molar-refractivity contribution in [3.05, 3.63) is 0 Å². The van der Waals surface area contributed by atoms with E-state index in [9.17, 15) is 9.59 Å². The van der Waals surface area contributed by atoms with Gasteiger partial charge in [-0.15, -0.1) is 0 Å². The number of hydrogen-bond acceptors (Lipinski definition) is 4. The predicted molar refractivity (Wildman–Crippen MR) is 193 cm³/mol. The summed E-state index contributed by atoms with van der Waals surface area (Å²) in [5.41, 5.74) is -0.982. The summed E-state index contributed by atoms with van der Waals surface area (Å²) >= 11 is 0. The normalized spacial score (nSPS) is 14.0. The number of hydrogen-bond donors (Lipinski definition) is 0. The van der Waals surface area contributed by atoms with E-state index in [2.05, 4.69) is 41.5 Å². The Labute approximate surface area is 298 Å². The Bertz CT molecular complexity index is 600. The van der Waals surface area contributed by atoms with Crippen LogP contribution in [0.2, 0.25) is 0 Å². The van der Waals surface area contributed by atoms with Crippen LogP contribution in [-0.4, -0.2) is 52.7 Å². The third-order valence-corrected chi connectivity index (χ3v) is 9.25. The van der Waals surface area contributed by atoms with E-state index in [1.165, 1.54) is 116 Å². The SMILES string of the molecule is CCCCCCCCCCCCC(C)(CCCC)OC(=O)CC(=O)OC(C)(CCCC)CCCCCCCCCCCC.[NaH]. The average Bonchev–Trinajstić information content (AvgIpc) is 2.97. The minimum atomic E-state index is -0.491. The van der Waals surface area contributed by atoms with E-state index in [0.29, 0.717) is 0 Å². The van der Waals surface area contributed by atoms with Crippen LogP contribution in [-0.2, 0) is 19.1 Å². The van der Waals surface area contributed by atoms with Crippen LogP contribution in [0.1, 0.15) is 228 Å². The van der Waals surface area contributed by atoms with Crippen LogP contribution in [0.25, 0.3) is 0 Å². The van der Waals surface area contributed by atoms with Crippen molar-refractivity contribution in [2.75, 3.05) is 0 Å². The van der Waals surface area contributed by atoms with Crippen LogP contribution in [0.3, 0.4) is 0 Å². The molecule has 0 aromatic heterocycles. The molecule has 44 heavy (non-hydrogen) atoms. The first-order valence-electron chi connectivity index (χ1n) is 19.2. The molecule has 0 bridgehead atoms. The second-order valence-corrected chi connectivity index (χ2v) is 14.1. The van der Waals surface area contributed by atoms with Gasteiger partial charge in [-0.1, -0.05) is 156 Å². The summed E-state index contributed by atoms with van der Waals surface area (Å²) in [7, 11) is 0. The van der Waals surface area contributed by atoms with E-state index in [0.717, 1.165) is 64.2 Å². The van der Waals surface area contributed by atoms with Crippen molar-refractivity contribution in [1.29, 1.82) is 0 Å². The van der Waals surface area contributed by atoms with Crippen LogP contribution in [0.5, 0.6) is 0 Å².